The maximum absolute atomic E-state index is 13.3. The third kappa shape index (κ3) is 3.90. The fraction of sp³-hybridized carbons (Fsp3) is 0.292. The number of hydrogen-bond acceptors (Lipinski definition) is 6. The first-order valence-electron chi connectivity index (χ1n) is 10.8. The van der Waals surface area contributed by atoms with E-state index in [0.717, 1.165) is 0 Å². The van der Waals surface area contributed by atoms with Crippen LogP contribution in [0.25, 0.3) is 10.9 Å². The molecule has 3 aromatic rings. The second kappa shape index (κ2) is 8.57. The largest absolute Gasteiger partial charge is 0.486 e. The van der Waals surface area contributed by atoms with Crippen molar-refractivity contribution in [1.82, 2.24) is 14.5 Å². The smallest absolute Gasteiger partial charge is 0.263 e. The molecule has 1 aromatic heterocycles. The van der Waals surface area contributed by atoms with Crippen molar-refractivity contribution in [2.24, 2.45) is 0 Å². The molecular weight excluding hydrogens is 427 g/mol. The lowest BCUT2D eigenvalue weighted by molar-refractivity contribution is 0.0746. The zero-order chi connectivity index (χ0) is 22.9. The molecule has 0 N–H and O–H groups in total. The summed E-state index contributed by atoms with van der Waals surface area (Å²) >= 11 is 0. The Morgan fingerprint density at radius 2 is 1.73 bits per heavy atom. The maximum atomic E-state index is 13.3. The number of aromatic nitrogens is 2. The molecule has 9 heteroatoms. The van der Waals surface area contributed by atoms with Crippen molar-refractivity contribution in [1.29, 1.82) is 0 Å². The minimum absolute atomic E-state index is 0.145. The predicted molar refractivity (Wildman–Crippen MR) is 122 cm³/mol. The highest BCUT2D eigenvalue weighted by Crippen LogP contribution is 2.33. The number of benzene rings is 2. The second-order valence-corrected chi connectivity index (χ2v) is 7.92. The molecule has 0 radical (unpaired) electrons. The van der Waals surface area contributed by atoms with Crippen molar-refractivity contribution in [3.05, 3.63) is 70.8 Å². The molecule has 8 nitrogen and oxygen atoms in total. The van der Waals surface area contributed by atoms with E-state index < -0.39 is 0 Å². The number of piperazine rings is 1. The van der Waals surface area contributed by atoms with Crippen molar-refractivity contribution in [3.8, 4) is 11.5 Å². The van der Waals surface area contributed by atoms with Crippen LogP contribution in [0.2, 0.25) is 0 Å². The number of carbonyl (C=O) groups excluding carboxylic acids is 1. The topological polar surface area (TPSA) is 76.9 Å². The van der Waals surface area contributed by atoms with E-state index in [-0.39, 0.29) is 17.3 Å². The Balaban J connectivity index is 1.44. The van der Waals surface area contributed by atoms with Gasteiger partial charge in [-0.2, -0.15) is 0 Å². The molecule has 170 valence electrons. The minimum Gasteiger partial charge on any atom is -0.486 e. The first-order valence-corrected chi connectivity index (χ1v) is 10.8. The molecule has 0 saturated carbocycles. The minimum atomic E-state index is -0.378. The first-order chi connectivity index (χ1) is 16.0. The monoisotopic (exact) mass is 450 g/mol. The average molecular weight is 450 g/mol. The molecule has 1 saturated heterocycles. The zero-order valence-corrected chi connectivity index (χ0v) is 18.0. The molecule has 1 amide bonds. The van der Waals surface area contributed by atoms with E-state index >= 15 is 0 Å². The summed E-state index contributed by atoms with van der Waals surface area (Å²) in [6, 6.07) is 8.96. The van der Waals surface area contributed by atoms with Crippen molar-refractivity contribution < 1.29 is 18.7 Å². The lowest BCUT2D eigenvalue weighted by Crippen LogP contribution is -2.50. The van der Waals surface area contributed by atoms with E-state index in [1.54, 1.807) is 27.7 Å². The predicted octanol–water partition coefficient (Wildman–Crippen LogP) is 2.46. The van der Waals surface area contributed by atoms with Gasteiger partial charge in [-0.05, 0) is 30.3 Å². The van der Waals surface area contributed by atoms with Gasteiger partial charge in [-0.1, -0.05) is 6.08 Å². The first kappa shape index (κ1) is 21.0. The van der Waals surface area contributed by atoms with Gasteiger partial charge in [0.1, 0.15) is 19.0 Å². The fourth-order valence-corrected chi connectivity index (χ4v) is 4.17. The molecule has 0 bridgehead atoms. The van der Waals surface area contributed by atoms with Gasteiger partial charge in [0.05, 0.1) is 10.9 Å². The van der Waals surface area contributed by atoms with Crippen LogP contribution >= 0.6 is 0 Å². The van der Waals surface area contributed by atoms with Crippen LogP contribution in [0.5, 0.6) is 11.5 Å². The molecule has 0 spiro atoms. The van der Waals surface area contributed by atoms with Gasteiger partial charge in [-0.25, -0.2) is 9.37 Å². The van der Waals surface area contributed by atoms with Gasteiger partial charge in [0.2, 0.25) is 5.95 Å². The Labute approximate surface area is 189 Å². The Morgan fingerprint density at radius 3 is 2.39 bits per heavy atom. The van der Waals surface area contributed by atoms with Crippen LogP contribution in [-0.4, -0.2) is 59.8 Å². The number of carbonyl (C=O) groups is 1. The summed E-state index contributed by atoms with van der Waals surface area (Å²) in [7, 11) is 0. The summed E-state index contributed by atoms with van der Waals surface area (Å²) in [6.45, 7) is 6.90. The number of hydrogen-bond donors (Lipinski definition) is 0. The lowest BCUT2D eigenvalue weighted by atomic mass is 10.1. The van der Waals surface area contributed by atoms with E-state index in [4.69, 9.17) is 14.5 Å². The zero-order valence-electron chi connectivity index (χ0n) is 18.0. The molecule has 3 heterocycles. The van der Waals surface area contributed by atoms with Gasteiger partial charge in [0, 0.05) is 44.4 Å². The Kier molecular flexibility index (Phi) is 5.45. The van der Waals surface area contributed by atoms with E-state index in [1.807, 2.05) is 4.90 Å². The standard InChI is InChI=1S/C24H23FN4O4/c1-2-7-29-23(31)18-14-20-21(33-13-12-32-20)15-19(18)26-24(29)28-10-8-27(9-11-28)22(30)16-3-5-17(25)6-4-16/h2-6,14-15H,1,7-13H2. The molecular formula is C24H23FN4O4. The SMILES string of the molecule is C=CCn1c(N2CCN(C(=O)c3ccc(F)cc3)CC2)nc2cc3c(cc2c1=O)OCCO3. The molecule has 5 rings (SSSR count). The van der Waals surface area contributed by atoms with Crippen LogP contribution in [-0.2, 0) is 6.54 Å². The van der Waals surface area contributed by atoms with Crippen molar-refractivity contribution in [2.75, 3.05) is 44.3 Å². The van der Waals surface area contributed by atoms with Crippen molar-refractivity contribution in [3.63, 3.8) is 0 Å². The van der Waals surface area contributed by atoms with E-state index in [9.17, 15) is 14.0 Å². The number of fused-ring (bicyclic) bond motifs is 2. The highest BCUT2D eigenvalue weighted by molar-refractivity contribution is 5.94. The Bertz CT molecular complexity index is 1280. The third-order valence-corrected chi connectivity index (χ3v) is 5.85. The number of ether oxygens (including phenoxy) is 2. The van der Waals surface area contributed by atoms with Crippen molar-refractivity contribution in [2.45, 2.75) is 6.54 Å². The van der Waals surface area contributed by atoms with Crippen LogP contribution in [0, 0.1) is 5.82 Å². The fourth-order valence-electron chi connectivity index (χ4n) is 4.17. The normalized spacial score (nSPS) is 15.5. The van der Waals surface area contributed by atoms with Crippen LogP contribution < -0.4 is 19.9 Å². The summed E-state index contributed by atoms with van der Waals surface area (Å²) in [6.07, 6.45) is 1.66. The number of rotatable bonds is 4. The molecule has 33 heavy (non-hydrogen) atoms. The van der Waals surface area contributed by atoms with E-state index in [2.05, 4.69) is 6.58 Å². The Morgan fingerprint density at radius 1 is 1.06 bits per heavy atom. The van der Waals surface area contributed by atoms with Crippen LogP contribution in [0.1, 0.15) is 10.4 Å². The summed E-state index contributed by atoms with van der Waals surface area (Å²) < 4.78 is 26.0. The average Bonchev–Trinajstić information content (AvgIpc) is 2.85. The number of amides is 1. The highest BCUT2D eigenvalue weighted by atomic mass is 19.1. The van der Waals surface area contributed by atoms with Crippen LogP contribution in [0.4, 0.5) is 10.3 Å². The van der Waals surface area contributed by atoms with Crippen molar-refractivity contribution >= 4 is 22.8 Å². The van der Waals surface area contributed by atoms with Gasteiger partial charge < -0.3 is 19.3 Å². The summed E-state index contributed by atoms with van der Waals surface area (Å²) in [5.74, 6) is 1.12. The number of halogens is 1. The summed E-state index contributed by atoms with van der Waals surface area (Å²) in [4.78, 5) is 34.6. The lowest BCUT2D eigenvalue weighted by Gasteiger charge is -2.36. The second-order valence-electron chi connectivity index (χ2n) is 7.92. The molecule has 2 aromatic carbocycles. The Hall–Kier alpha value is -3.88. The molecule has 0 atom stereocenters. The molecule has 1 fully saturated rings. The summed E-state index contributed by atoms with van der Waals surface area (Å²) in [5.41, 5.74) is 0.797. The highest BCUT2D eigenvalue weighted by Gasteiger charge is 2.26. The van der Waals surface area contributed by atoms with Crippen LogP contribution in [0.3, 0.4) is 0 Å². The van der Waals surface area contributed by atoms with Gasteiger partial charge in [0.15, 0.2) is 11.5 Å². The van der Waals surface area contributed by atoms with Crippen LogP contribution in [0.15, 0.2) is 53.8 Å². The summed E-state index contributed by atoms with van der Waals surface area (Å²) in [5, 5.41) is 0.454. The van der Waals surface area contributed by atoms with E-state index in [1.165, 1.54) is 24.3 Å². The van der Waals surface area contributed by atoms with Gasteiger partial charge >= 0.3 is 0 Å². The number of nitrogens with zero attached hydrogens (tertiary/aromatic N) is 4. The third-order valence-electron chi connectivity index (χ3n) is 5.85. The number of allylic oxidation sites excluding steroid dienone is 1. The molecule has 2 aliphatic rings. The maximum Gasteiger partial charge on any atom is 0.263 e. The molecule has 0 aliphatic carbocycles. The van der Waals surface area contributed by atoms with E-state index in [0.29, 0.717) is 79.9 Å². The van der Waals surface area contributed by atoms with Gasteiger partial charge in [-0.15, -0.1) is 6.58 Å². The molecule has 0 unspecified atom stereocenters. The molecule has 2 aliphatic heterocycles. The van der Waals surface area contributed by atoms with Gasteiger partial charge in [-0.3, -0.25) is 14.2 Å². The number of anilines is 1. The quantitative estimate of drug-likeness (QED) is 0.569. The van der Waals surface area contributed by atoms with Gasteiger partial charge in [0.25, 0.3) is 11.5 Å².